The van der Waals surface area contributed by atoms with E-state index in [2.05, 4.69) is 25.7 Å². The molecule has 11 heteroatoms. The molecule has 3 aromatic heterocycles. The van der Waals surface area contributed by atoms with Crippen LogP contribution in [0.4, 0.5) is 17.7 Å². The highest BCUT2D eigenvalue weighted by Gasteiger charge is 2.24. The number of nitrogen functional groups attached to an aromatic ring is 1. The molecule has 4 N–H and O–H groups in total. The molecule has 0 unspecified atom stereocenters. The molecule has 1 aliphatic heterocycles. The van der Waals surface area contributed by atoms with Crippen molar-refractivity contribution in [3.05, 3.63) is 47.1 Å². The molecule has 1 amide bonds. The first-order valence-electron chi connectivity index (χ1n) is 9.84. The van der Waals surface area contributed by atoms with Gasteiger partial charge in [0, 0.05) is 30.1 Å². The lowest BCUT2D eigenvalue weighted by Crippen LogP contribution is -2.48. The van der Waals surface area contributed by atoms with Crippen LogP contribution in [0.1, 0.15) is 18.5 Å². The van der Waals surface area contributed by atoms with Crippen LogP contribution in [0.25, 0.3) is 16.6 Å². The van der Waals surface area contributed by atoms with Crippen molar-refractivity contribution < 1.29 is 4.79 Å². The topological polar surface area (TPSA) is 126 Å². The fraction of sp³-hybridized carbons (Fsp3) is 0.250. The number of fused-ring (bicyclic) bond motifs is 2. The summed E-state index contributed by atoms with van der Waals surface area (Å²) in [4.78, 5) is 27.3. The summed E-state index contributed by atoms with van der Waals surface area (Å²) in [6, 6.07) is 9.23. The molecule has 1 aliphatic rings. The number of carbonyl (C=O) groups is 1. The summed E-state index contributed by atoms with van der Waals surface area (Å²) < 4.78 is 1.59. The van der Waals surface area contributed by atoms with Crippen LogP contribution in [-0.2, 0) is 4.79 Å². The van der Waals surface area contributed by atoms with Crippen molar-refractivity contribution in [1.82, 2.24) is 29.9 Å². The Morgan fingerprint density at radius 2 is 2.13 bits per heavy atom. The lowest BCUT2D eigenvalue weighted by atomic mass is 10.0. The van der Waals surface area contributed by atoms with Gasteiger partial charge in [-0.15, -0.1) is 0 Å². The Labute approximate surface area is 182 Å². The van der Waals surface area contributed by atoms with Gasteiger partial charge in [-0.3, -0.25) is 4.79 Å². The monoisotopic (exact) mass is 437 g/mol. The number of nitrogens with zero attached hydrogens (tertiary/aromatic N) is 6. The summed E-state index contributed by atoms with van der Waals surface area (Å²) in [5.41, 5.74) is 8.07. The molecule has 4 aromatic rings. The standard InChI is InChI=1S/C20H20ClN9O/c1-11(25-20-28-19(22)26-15-5-6-24-30(15)20)13-9-12-3-2-4-14(21)17(12)27-18(13)29-8-7-23-16(31)10-29/h2-6,9,11H,7-8,10H2,1H3,(H,23,31)(H3,22,25,26,28)/t11-/m0/s1. The number of hydrogen-bond donors (Lipinski definition) is 3. The average molecular weight is 438 g/mol. The van der Waals surface area contributed by atoms with Gasteiger partial charge in [0.25, 0.3) is 0 Å². The number of nitrogens with one attached hydrogen (secondary N) is 2. The van der Waals surface area contributed by atoms with E-state index in [9.17, 15) is 4.79 Å². The number of carbonyl (C=O) groups excluding carboxylic acids is 1. The summed E-state index contributed by atoms with van der Waals surface area (Å²) >= 11 is 6.41. The van der Waals surface area contributed by atoms with Crippen LogP contribution in [0.15, 0.2) is 36.5 Å². The van der Waals surface area contributed by atoms with Gasteiger partial charge in [-0.1, -0.05) is 23.7 Å². The molecule has 4 heterocycles. The first-order valence-corrected chi connectivity index (χ1v) is 10.2. The Hall–Kier alpha value is -3.66. The molecule has 1 atom stereocenters. The van der Waals surface area contributed by atoms with Gasteiger partial charge in [-0.05, 0) is 19.1 Å². The number of hydrogen-bond acceptors (Lipinski definition) is 8. The summed E-state index contributed by atoms with van der Waals surface area (Å²) in [6.45, 7) is 3.43. The summed E-state index contributed by atoms with van der Waals surface area (Å²) in [5.74, 6) is 1.28. The fourth-order valence-electron chi connectivity index (χ4n) is 3.77. The number of rotatable bonds is 4. The van der Waals surface area contributed by atoms with E-state index in [0.29, 0.717) is 41.0 Å². The number of amides is 1. The van der Waals surface area contributed by atoms with E-state index in [1.54, 1.807) is 16.8 Å². The molecule has 10 nitrogen and oxygen atoms in total. The molecule has 1 saturated heterocycles. The molecule has 0 spiro atoms. The van der Waals surface area contributed by atoms with Crippen LogP contribution in [0.5, 0.6) is 0 Å². The maximum Gasteiger partial charge on any atom is 0.239 e. The van der Waals surface area contributed by atoms with Gasteiger partial charge in [-0.2, -0.15) is 19.6 Å². The van der Waals surface area contributed by atoms with Gasteiger partial charge >= 0.3 is 0 Å². The van der Waals surface area contributed by atoms with Gasteiger partial charge in [0.15, 0.2) is 5.65 Å². The first kappa shape index (κ1) is 19.3. The van der Waals surface area contributed by atoms with E-state index in [1.807, 2.05) is 36.1 Å². The van der Waals surface area contributed by atoms with Crippen LogP contribution in [0.3, 0.4) is 0 Å². The largest absolute Gasteiger partial charge is 0.368 e. The molecule has 0 aliphatic carbocycles. The van der Waals surface area contributed by atoms with Crippen LogP contribution in [0.2, 0.25) is 5.02 Å². The lowest BCUT2D eigenvalue weighted by molar-refractivity contribution is -0.120. The number of halogens is 1. The number of benzene rings is 1. The van der Waals surface area contributed by atoms with E-state index in [0.717, 1.165) is 10.9 Å². The maximum absolute atomic E-state index is 12.0. The Bertz CT molecular complexity index is 1300. The normalized spacial score (nSPS) is 15.3. The zero-order valence-electron chi connectivity index (χ0n) is 16.7. The lowest BCUT2D eigenvalue weighted by Gasteiger charge is -2.31. The highest BCUT2D eigenvalue weighted by atomic mass is 35.5. The summed E-state index contributed by atoms with van der Waals surface area (Å²) in [5, 5.41) is 12.0. The fourth-order valence-corrected chi connectivity index (χ4v) is 3.99. The van der Waals surface area contributed by atoms with Crippen LogP contribution < -0.4 is 21.3 Å². The minimum absolute atomic E-state index is 0.0410. The molecular weight excluding hydrogens is 418 g/mol. The van der Waals surface area contributed by atoms with Gasteiger partial charge in [0.05, 0.1) is 29.3 Å². The van der Waals surface area contributed by atoms with Crippen molar-refractivity contribution in [1.29, 1.82) is 0 Å². The van der Waals surface area contributed by atoms with Crippen molar-refractivity contribution in [3.63, 3.8) is 0 Å². The van der Waals surface area contributed by atoms with Crippen LogP contribution >= 0.6 is 11.6 Å². The molecule has 31 heavy (non-hydrogen) atoms. The number of pyridine rings is 1. The van der Waals surface area contributed by atoms with Crippen LogP contribution in [-0.4, -0.2) is 50.1 Å². The molecule has 1 aromatic carbocycles. The second-order valence-corrected chi connectivity index (χ2v) is 7.76. The highest BCUT2D eigenvalue weighted by Crippen LogP contribution is 2.33. The summed E-state index contributed by atoms with van der Waals surface area (Å²) in [6.07, 6.45) is 1.64. The van der Waals surface area contributed by atoms with E-state index in [-0.39, 0.29) is 24.4 Å². The molecule has 158 valence electrons. The van der Waals surface area contributed by atoms with Crippen molar-refractivity contribution in [2.24, 2.45) is 0 Å². The number of para-hydroxylation sites is 1. The Morgan fingerprint density at radius 1 is 1.26 bits per heavy atom. The van der Waals surface area contributed by atoms with Crippen molar-refractivity contribution in [2.45, 2.75) is 13.0 Å². The zero-order valence-corrected chi connectivity index (χ0v) is 17.5. The number of aromatic nitrogens is 5. The van der Waals surface area contributed by atoms with E-state index in [4.69, 9.17) is 22.3 Å². The molecular formula is C20H20ClN9O. The third-order valence-electron chi connectivity index (χ3n) is 5.23. The van der Waals surface area contributed by atoms with Gasteiger partial charge in [0.1, 0.15) is 5.82 Å². The number of anilines is 3. The Kier molecular flexibility index (Phi) is 4.70. The molecule has 0 radical (unpaired) electrons. The number of piperazine rings is 1. The highest BCUT2D eigenvalue weighted by molar-refractivity contribution is 6.35. The van der Waals surface area contributed by atoms with Crippen molar-refractivity contribution in [2.75, 3.05) is 35.6 Å². The van der Waals surface area contributed by atoms with Gasteiger partial charge in [-0.25, -0.2) is 4.98 Å². The third-order valence-corrected chi connectivity index (χ3v) is 5.53. The van der Waals surface area contributed by atoms with E-state index < -0.39 is 0 Å². The van der Waals surface area contributed by atoms with Crippen LogP contribution in [0, 0.1) is 0 Å². The minimum Gasteiger partial charge on any atom is -0.368 e. The smallest absolute Gasteiger partial charge is 0.239 e. The van der Waals surface area contributed by atoms with Crippen molar-refractivity contribution >= 4 is 51.8 Å². The molecule has 0 bridgehead atoms. The average Bonchev–Trinajstić information content (AvgIpc) is 3.22. The second kappa shape index (κ2) is 7.55. The van der Waals surface area contributed by atoms with E-state index >= 15 is 0 Å². The van der Waals surface area contributed by atoms with E-state index in [1.165, 1.54) is 0 Å². The predicted molar refractivity (Wildman–Crippen MR) is 119 cm³/mol. The molecule has 1 fully saturated rings. The zero-order chi connectivity index (χ0) is 21.5. The Morgan fingerprint density at radius 3 is 2.97 bits per heavy atom. The SMILES string of the molecule is C[C@H](Nc1nc(N)nc2ccnn12)c1cc2cccc(Cl)c2nc1N1CCNC(=O)C1. The minimum atomic E-state index is -0.224. The molecule has 5 rings (SSSR count). The number of nitrogens with two attached hydrogens (primary N) is 1. The maximum atomic E-state index is 12.0. The molecule has 0 saturated carbocycles. The predicted octanol–water partition coefficient (Wildman–Crippen LogP) is 2.02. The quantitative estimate of drug-likeness (QED) is 0.442. The van der Waals surface area contributed by atoms with Gasteiger partial charge in [0.2, 0.25) is 17.8 Å². The van der Waals surface area contributed by atoms with Gasteiger partial charge < -0.3 is 21.3 Å². The third kappa shape index (κ3) is 3.55. The Balaban J connectivity index is 1.60. The first-order chi connectivity index (χ1) is 15.0. The van der Waals surface area contributed by atoms with Crippen molar-refractivity contribution in [3.8, 4) is 0 Å². The summed E-state index contributed by atoms with van der Waals surface area (Å²) in [7, 11) is 0. The second-order valence-electron chi connectivity index (χ2n) is 7.36.